The van der Waals surface area contributed by atoms with Crippen molar-refractivity contribution in [3.05, 3.63) is 12.7 Å². The molecule has 0 atom stereocenters. The maximum atomic E-state index is 3.62. The molecule has 0 spiro atoms. The molecule has 0 aliphatic heterocycles. The summed E-state index contributed by atoms with van der Waals surface area (Å²) in [4.78, 5) is 0. The summed E-state index contributed by atoms with van der Waals surface area (Å²) in [6.45, 7) is 3.62. The van der Waals surface area contributed by atoms with E-state index in [1.807, 2.05) is 17.8 Å². The van der Waals surface area contributed by atoms with E-state index in [9.17, 15) is 0 Å². The van der Waals surface area contributed by atoms with E-state index in [2.05, 4.69) is 51.5 Å². The van der Waals surface area contributed by atoms with Crippen molar-refractivity contribution in [2.45, 2.75) is 12.8 Å². The Labute approximate surface area is 97.6 Å². The van der Waals surface area contributed by atoms with Crippen LogP contribution < -0.4 is 0 Å². The van der Waals surface area contributed by atoms with Gasteiger partial charge in [-0.25, -0.2) is 0 Å². The van der Waals surface area contributed by atoms with Gasteiger partial charge in [0, 0.05) is 0 Å². The van der Waals surface area contributed by atoms with Gasteiger partial charge in [-0.15, -0.1) is 6.58 Å². The Morgan fingerprint density at radius 2 is 2.10 bits per heavy atom. The van der Waals surface area contributed by atoms with Crippen molar-refractivity contribution in [2.75, 3.05) is 12.0 Å². The van der Waals surface area contributed by atoms with E-state index < -0.39 is 0 Å². The SMILES string of the molecule is C=CCCCSC.[I][Pt][I]. The third-order valence-corrected chi connectivity index (χ3v) is 1.45. The van der Waals surface area contributed by atoms with E-state index in [0.717, 1.165) is 0 Å². The summed E-state index contributed by atoms with van der Waals surface area (Å²) < 4.78 is 0. The summed E-state index contributed by atoms with van der Waals surface area (Å²) in [6.07, 6.45) is 6.55. The fourth-order valence-corrected chi connectivity index (χ4v) is 0.827. The number of hydrogen-bond acceptors (Lipinski definition) is 1. The maximum absolute atomic E-state index is 3.62. The molecule has 66 valence electrons. The van der Waals surface area contributed by atoms with Crippen molar-refractivity contribution < 1.29 is 11.2 Å². The van der Waals surface area contributed by atoms with Crippen LogP contribution in [-0.4, -0.2) is 12.0 Å². The average Bonchev–Trinajstić information content (AvgIpc) is 1.91. The number of hydrogen-bond donors (Lipinski definition) is 0. The van der Waals surface area contributed by atoms with Crippen LogP contribution >= 0.6 is 50.5 Å². The molecule has 4 heteroatoms. The summed E-state index contributed by atoms with van der Waals surface area (Å²) in [5.74, 6) is 1.27. The van der Waals surface area contributed by atoms with Crippen molar-refractivity contribution in [1.82, 2.24) is 0 Å². The molecular formula is C6H12I2PtS. The molecule has 0 saturated heterocycles. The van der Waals surface area contributed by atoms with Crippen LogP contribution in [0.1, 0.15) is 12.8 Å². The van der Waals surface area contributed by atoms with Crippen LogP contribution in [-0.2, 0) is 11.2 Å². The van der Waals surface area contributed by atoms with Crippen molar-refractivity contribution >= 4 is 50.5 Å². The predicted octanol–water partition coefficient (Wildman–Crippen LogP) is 4.08. The van der Waals surface area contributed by atoms with E-state index in [1.54, 1.807) is 0 Å². The van der Waals surface area contributed by atoms with Gasteiger partial charge < -0.3 is 0 Å². The molecule has 0 saturated carbocycles. The van der Waals surface area contributed by atoms with Crippen LogP contribution in [0.3, 0.4) is 0 Å². The number of rotatable bonds is 4. The minimum atomic E-state index is 0.523. The Hall–Kier alpha value is 2.24. The summed E-state index contributed by atoms with van der Waals surface area (Å²) >= 11 is 7.19. The molecule has 0 radical (unpaired) electrons. The fourth-order valence-electron chi connectivity index (χ4n) is 0.372. The molecule has 0 heterocycles. The molecule has 10 heavy (non-hydrogen) atoms. The first kappa shape index (κ1) is 14.7. The third kappa shape index (κ3) is 22.5. The molecule has 0 fully saturated rings. The standard InChI is InChI=1S/C6H12S.2HI.Pt/c1-3-4-5-6-7-2;;;/h3H,1,4-6H2,2H3;2*1H;/q;;;+2/p-2. The van der Waals surface area contributed by atoms with Crippen molar-refractivity contribution in [3.63, 3.8) is 0 Å². The van der Waals surface area contributed by atoms with Crippen LogP contribution in [0.15, 0.2) is 12.7 Å². The molecule has 0 nitrogen and oxygen atoms in total. The molecule has 0 rings (SSSR count). The number of unbranched alkanes of at least 4 members (excludes halogenated alkanes) is 1. The van der Waals surface area contributed by atoms with Gasteiger partial charge in [0.2, 0.25) is 0 Å². The van der Waals surface area contributed by atoms with Gasteiger partial charge >= 0.3 is 49.9 Å². The Morgan fingerprint density at radius 1 is 1.60 bits per heavy atom. The predicted molar refractivity (Wildman–Crippen MR) is 65.9 cm³/mol. The Bertz CT molecular complexity index is 61.7. The van der Waals surface area contributed by atoms with Gasteiger partial charge in [-0.1, -0.05) is 6.08 Å². The normalized spacial score (nSPS) is 8.30. The Balaban J connectivity index is 0. The zero-order chi connectivity index (χ0) is 8.24. The summed E-state index contributed by atoms with van der Waals surface area (Å²) in [5, 5.41) is 0. The number of allylic oxidation sites excluding steroid dienone is 1. The minimum absolute atomic E-state index is 0.523. The molecule has 0 amide bonds. The van der Waals surface area contributed by atoms with Crippen molar-refractivity contribution in [1.29, 1.82) is 0 Å². The zero-order valence-electron chi connectivity index (χ0n) is 5.89. The molecule has 0 aliphatic rings. The van der Waals surface area contributed by atoms with E-state index in [4.69, 9.17) is 0 Å². The van der Waals surface area contributed by atoms with Gasteiger partial charge in [0.25, 0.3) is 0 Å². The number of thioether (sulfide) groups is 1. The van der Waals surface area contributed by atoms with Gasteiger partial charge in [0.1, 0.15) is 0 Å². The van der Waals surface area contributed by atoms with E-state index >= 15 is 0 Å². The van der Waals surface area contributed by atoms with Crippen molar-refractivity contribution in [3.8, 4) is 0 Å². The second kappa shape index (κ2) is 17.4. The Morgan fingerprint density at radius 3 is 2.40 bits per heavy atom. The average molecular weight is 565 g/mol. The van der Waals surface area contributed by atoms with Crippen LogP contribution in [0.4, 0.5) is 0 Å². The molecule has 0 aromatic rings. The summed E-state index contributed by atoms with van der Waals surface area (Å²) in [5.41, 5.74) is 0. The van der Waals surface area contributed by atoms with Gasteiger partial charge in [-0.3, -0.25) is 0 Å². The first-order valence-corrected chi connectivity index (χ1v) is 17.0. The Kier molecular flexibility index (Phi) is 25.6. The molecule has 0 aromatic carbocycles. The van der Waals surface area contributed by atoms with Gasteiger partial charge in [0.15, 0.2) is 0 Å². The molecule has 0 N–H and O–H groups in total. The third-order valence-electron chi connectivity index (χ3n) is 0.757. The second-order valence-electron chi connectivity index (χ2n) is 1.47. The summed E-state index contributed by atoms with van der Waals surface area (Å²) in [7, 11) is 0. The first-order valence-electron chi connectivity index (χ1n) is 2.75. The number of halogens is 2. The zero-order valence-corrected chi connectivity index (χ0v) is 13.3. The van der Waals surface area contributed by atoms with E-state index in [-0.39, 0.29) is 0 Å². The van der Waals surface area contributed by atoms with Crippen LogP contribution in [0, 0.1) is 0 Å². The molecule has 0 unspecified atom stereocenters. The first-order chi connectivity index (χ1) is 4.83. The second-order valence-corrected chi connectivity index (χ2v) is 19.0. The molecule has 0 bridgehead atoms. The monoisotopic (exact) mass is 565 g/mol. The van der Waals surface area contributed by atoms with Crippen LogP contribution in [0.2, 0.25) is 0 Å². The fraction of sp³-hybridized carbons (Fsp3) is 0.667. The topological polar surface area (TPSA) is 0 Å². The summed E-state index contributed by atoms with van der Waals surface area (Å²) in [6, 6.07) is 0. The molecule has 0 aromatic heterocycles. The van der Waals surface area contributed by atoms with Crippen LogP contribution in [0.25, 0.3) is 0 Å². The van der Waals surface area contributed by atoms with Gasteiger partial charge in [-0.2, -0.15) is 11.8 Å². The van der Waals surface area contributed by atoms with Gasteiger partial charge in [-0.05, 0) is 24.9 Å². The van der Waals surface area contributed by atoms with Gasteiger partial charge in [0.05, 0.1) is 0 Å². The quantitative estimate of drug-likeness (QED) is 0.282. The molecular weight excluding hydrogens is 553 g/mol. The molecule has 0 aliphatic carbocycles. The van der Waals surface area contributed by atoms with Crippen LogP contribution in [0.5, 0.6) is 0 Å². The van der Waals surface area contributed by atoms with E-state index in [0.29, 0.717) is 11.2 Å². The van der Waals surface area contributed by atoms with E-state index in [1.165, 1.54) is 18.6 Å². The van der Waals surface area contributed by atoms with Crippen molar-refractivity contribution in [2.24, 2.45) is 0 Å².